The molecule has 21 heavy (non-hydrogen) atoms. The van der Waals surface area contributed by atoms with Gasteiger partial charge in [0.25, 0.3) is 5.69 Å². The van der Waals surface area contributed by atoms with Crippen LogP contribution in [0, 0.1) is 24.0 Å². The summed E-state index contributed by atoms with van der Waals surface area (Å²) in [6.07, 6.45) is 0. The number of rotatable bonds is 4. The number of nitrogens with zero attached hydrogens (tertiary/aromatic N) is 2. The van der Waals surface area contributed by atoms with Gasteiger partial charge in [-0.3, -0.25) is 15.5 Å². The van der Waals surface area contributed by atoms with Crippen molar-refractivity contribution in [2.24, 2.45) is 5.10 Å². The zero-order valence-corrected chi connectivity index (χ0v) is 12.3. The summed E-state index contributed by atoms with van der Waals surface area (Å²) in [5.41, 5.74) is 7.33. The summed E-state index contributed by atoms with van der Waals surface area (Å²) in [7, 11) is 0. The first-order valence-corrected chi connectivity index (χ1v) is 6.60. The third kappa shape index (κ3) is 3.45. The van der Waals surface area contributed by atoms with Crippen LogP contribution in [0.4, 0.5) is 11.4 Å². The molecule has 1 N–H and O–H groups in total. The molecule has 0 atom stereocenters. The molecule has 0 unspecified atom stereocenters. The molecule has 0 aromatic heterocycles. The number of benzene rings is 2. The van der Waals surface area contributed by atoms with Gasteiger partial charge in [0.1, 0.15) is 5.69 Å². The molecule has 0 bridgehead atoms. The van der Waals surface area contributed by atoms with Crippen LogP contribution < -0.4 is 5.43 Å². The van der Waals surface area contributed by atoms with Gasteiger partial charge < -0.3 is 0 Å². The normalized spacial score (nSPS) is 11.3. The summed E-state index contributed by atoms with van der Waals surface area (Å²) < 4.78 is 0. The quantitative estimate of drug-likeness (QED) is 0.523. The van der Waals surface area contributed by atoms with Gasteiger partial charge in [-0.15, -0.1) is 0 Å². The van der Waals surface area contributed by atoms with E-state index < -0.39 is 4.92 Å². The maximum absolute atomic E-state index is 10.9. The van der Waals surface area contributed by atoms with Gasteiger partial charge in [0.2, 0.25) is 0 Å². The summed E-state index contributed by atoms with van der Waals surface area (Å²) >= 11 is 0. The minimum atomic E-state index is -0.427. The number of hydrazone groups is 1. The molecule has 0 saturated heterocycles. The zero-order valence-electron chi connectivity index (χ0n) is 12.3. The van der Waals surface area contributed by atoms with Crippen molar-refractivity contribution in [1.82, 2.24) is 0 Å². The van der Waals surface area contributed by atoms with Gasteiger partial charge in [-0.05, 0) is 49.6 Å². The Bertz CT molecular complexity index is 708. The fourth-order valence-corrected chi connectivity index (χ4v) is 1.90. The average molecular weight is 283 g/mol. The Morgan fingerprint density at radius 3 is 2.52 bits per heavy atom. The van der Waals surface area contributed by atoms with E-state index in [-0.39, 0.29) is 5.69 Å². The van der Waals surface area contributed by atoms with E-state index in [1.54, 1.807) is 18.2 Å². The average Bonchev–Trinajstić information content (AvgIpc) is 2.47. The molecule has 0 aliphatic carbocycles. The minimum Gasteiger partial charge on any atom is -0.271 e. The molecular formula is C16H17N3O2. The van der Waals surface area contributed by atoms with Crippen molar-refractivity contribution in [2.75, 3.05) is 5.43 Å². The molecule has 0 heterocycles. The van der Waals surface area contributed by atoms with E-state index in [0.29, 0.717) is 5.69 Å². The molecule has 0 radical (unpaired) electrons. The lowest BCUT2D eigenvalue weighted by atomic mass is 10.0. The molecule has 5 nitrogen and oxygen atoms in total. The topological polar surface area (TPSA) is 67.5 Å². The Kier molecular flexibility index (Phi) is 4.33. The summed E-state index contributed by atoms with van der Waals surface area (Å²) in [5.74, 6) is 0. The first kappa shape index (κ1) is 14.7. The van der Waals surface area contributed by atoms with Crippen molar-refractivity contribution in [3.05, 3.63) is 69.3 Å². The van der Waals surface area contributed by atoms with Crippen LogP contribution in [0.5, 0.6) is 0 Å². The van der Waals surface area contributed by atoms with E-state index in [9.17, 15) is 10.1 Å². The fourth-order valence-electron chi connectivity index (χ4n) is 1.90. The third-order valence-electron chi connectivity index (χ3n) is 3.37. The van der Waals surface area contributed by atoms with Crippen LogP contribution in [-0.2, 0) is 0 Å². The second-order valence-corrected chi connectivity index (χ2v) is 4.88. The number of hydrogen-bond donors (Lipinski definition) is 1. The highest BCUT2D eigenvalue weighted by atomic mass is 16.6. The van der Waals surface area contributed by atoms with Crippen molar-refractivity contribution in [3.63, 3.8) is 0 Å². The summed E-state index contributed by atoms with van der Waals surface area (Å²) in [4.78, 5) is 10.5. The van der Waals surface area contributed by atoms with Crippen molar-refractivity contribution in [2.45, 2.75) is 20.8 Å². The van der Waals surface area contributed by atoms with Gasteiger partial charge in [0.15, 0.2) is 0 Å². The number of aryl methyl sites for hydroxylation is 2. The Balaban J connectivity index is 2.24. The third-order valence-corrected chi connectivity index (χ3v) is 3.37. The Morgan fingerprint density at radius 1 is 1.14 bits per heavy atom. The highest BCUT2D eigenvalue weighted by Gasteiger charge is 2.11. The lowest BCUT2D eigenvalue weighted by molar-refractivity contribution is -0.384. The van der Waals surface area contributed by atoms with Crippen LogP contribution in [0.1, 0.15) is 23.6 Å². The van der Waals surface area contributed by atoms with Gasteiger partial charge in [0.05, 0.1) is 10.6 Å². The molecule has 2 rings (SSSR count). The van der Waals surface area contributed by atoms with Crippen molar-refractivity contribution >= 4 is 17.1 Å². The molecule has 0 saturated carbocycles. The fraction of sp³-hybridized carbons (Fsp3) is 0.188. The monoisotopic (exact) mass is 283 g/mol. The Morgan fingerprint density at radius 2 is 1.86 bits per heavy atom. The zero-order chi connectivity index (χ0) is 15.4. The second kappa shape index (κ2) is 6.17. The molecule has 108 valence electrons. The van der Waals surface area contributed by atoms with Crippen molar-refractivity contribution in [3.8, 4) is 0 Å². The smallest absolute Gasteiger partial charge is 0.271 e. The lowest BCUT2D eigenvalue weighted by Gasteiger charge is -2.06. The Labute approximate surface area is 123 Å². The second-order valence-electron chi connectivity index (χ2n) is 4.88. The summed E-state index contributed by atoms with van der Waals surface area (Å²) in [5, 5.41) is 15.2. The molecule has 0 spiro atoms. The van der Waals surface area contributed by atoms with Crippen LogP contribution in [0.25, 0.3) is 0 Å². The maximum Gasteiger partial charge on any atom is 0.294 e. The first-order valence-electron chi connectivity index (χ1n) is 6.60. The molecule has 0 aliphatic rings. The van der Waals surface area contributed by atoms with Crippen LogP contribution in [0.2, 0.25) is 0 Å². The van der Waals surface area contributed by atoms with E-state index in [1.165, 1.54) is 17.2 Å². The van der Waals surface area contributed by atoms with E-state index in [0.717, 1.165) is 11.3 Å². The van der Waals surface area contributed by atoms with Crippen LogP contribution in [-0.4, -0.2) is 10.6 Å². The number of nitrogens with one attached hydrogen (secondary N) is 1. The highest BCUT2D eigenvalue weighted by Crippen LogP contribution is 2.23. The lowest BCUT2D eigenvalue weighted by Crippen LogP contribution is -2.02. The number of anilines is 1. The van der Waals surface area contributed by atoms with E-state index >= 15 is 0 Å². The molecule has 2 aromatic carbocycles. The van der Waals surface area contributed by atoms with Gasteiger partial charge >= 0.3 is 0 Å². The standard InChI is InChI=1S/C16H17N3O2/c1-11-8-9-14(10-12(11)2)13(3)17-18-15-6-4-5-7-16(15)19(20)21/h4-10,18H,1-3H3/b17-13-. The largest absolute Gasteiger partial charge is 0.294 e. The highest BCUT2D eigenvalue weighted by molar-refractivity contribution is 5.99. The number of nitro benzene ring substituents is 1. The van der Waals surface area contributed by atoms with Gasteiger partial charge in [-0.2, -0.15) is 5.10 Å². The van der Waals surface area contributed by atoms with Crippen molar-refractivity contribution < 1.29 is 4.92 Å². The Hall–Kier alpha value is -2.69. The molecule has 2 aromatic rings. The predicted octanol–water partition coefficient (Wildman–Crippen LogP) is 4.05. The van der Waals surface area contributed by atoms with Crippen molar-refractivity contribution in [1.29, 1.82) is 0 Å². The van der Waals surface area contributed by atoms with Crippen LogP contribution >= 0.6 is 0 Å². The minimum absolute atomic E-state index is 0.00846. The first-order chi connectivity index (χ1) is 9.99. The number of hydrogen-bond acceptors (Lipinski definition) is 4. The summed E-state index contributed by atoms with van der Waals surface area (Å²) in [6, 6.07) is 12.5. The van der Waals surface area contributed by atoms with Crippen LogP contribution in [0.15, 0.2) is 47.6 Å². The number of nitro groups is 1. The van der Waals surface area contributed by atoms with Crippen LogP contribution in [0.3, 0.4) is 0 Å². The van der Waals surface area contributed by atoms with Gasteiger partial charge in [0, 0.05) is 6.07 Å². The maximum atomic E-state index is 10.9. The van der Waals surface area contributed by atoms with Gasteiger partial charge in [-0.1, -0.05) is 24.3 Å². The SMILES string of the molecule is C/C(=N/Nc1ccccc1[N+](=O)[O-])c1ccc(C)c(C)c1. The number of para-hydroxylation sites is 2. The summed E-state index contributed by atoms with van der Waals surface area (Å²) in [6.45, 7) is 5.96. The molecular weight excluding hydrogens is 266 g/mol. The van der Waals surface area contributed by atoms with E-state index in [2.05, 4.69) is 23.5 Å². The van der Waals surface area contributed by atoms with Gasteiger partial charge in [-0.25, -0.2) is 0 Å². The van der Waals surface area contributed by atoms with E-state index in [4.69, 9.17) is 0 Å². The molecule has 5 heteroatoms. The van der Waals surface area contributed by atoms with E-state index in [1.807, 2.05) is 26.0 Å². The molecule has 0 aliphatic heterocycles. The molecule has 0 amide bonds. The molecule has 0 fully saturated rings. The predicted molar refractivity (Wildman–Crippen MR) is 84.8 cm³/mol.